The van der Waals surface area contributed by atoms with Crippen LogP contribution in [0.25, 0.3) is 23.0 Å². The Kier molecular flexibility index (Phi) is 4.55. The van der Waals surface area contributed by atoms with Gasteiger partial charge in [0.2, 0.25) is 5.82 Å². The van der Waals surface area contributed by atoms with Crippen LogP contribution in [0.1, 0.15) is 28.5 Å². The van der Waals surface area contributed by atoms with Crippen LogP contribution >= 0.6 is 0 Å². The normalized spacial score (nSPS) is 15.8. The summed E-state index contributed by atoms with van der Waals surface area (Å²) in [4.78, 5) is 4.54. The van der Waals surface area contributed by atoms with E-state index in [0.29, 0.717) is 30.6 Å². The number of ether oxygens (including phenoxy) is 2. The molecule has 1 aliphatic heterocycles. The highest BCUT2D eigenvalue weighted by molar-refractivity contribution is 5.60. The minimum Gasteiger partial charge on any atom is -0.497 e. The van der Waals surface area contributed by atoms with Crippen molar-refractivity contribution in [2.45, 2.75) is 33.1 Å². The van der Waals surface area contributed by atoms with Gasteiger partial charge in [0.25, 0.3) is 5.89 Å². The molecule has 3 heterocycles. The Morgan fingerprint density at radius 3 is 2.83 bits per heavy atom. The molecule has 5 rings (SSSR count). The molecule has 0 amide bonds. The van der Waals surface area contributed by atoms with E-state index in [1.807, 2.05) is 47.1 Å². The lowest BCUT2D eigenvalue weighted by Gasteiger charge is -2.24. The zero-order chi connectivity index (χ0) is 20.7. The Labute approximate surface area is 173 Å². The first-order valence-corrected chi connectivity index (χ1v) is 9.72. The lowest BCUT2D eigenvalue weighted by atomic mass is 10.1. The fourth-order valence-electron chi connectivity index (χ4n) is 3.54. The van der Waals surface area contributed by atoms with E-state index >= 15 is 0 Å². The molecule has 8 nitrogen and oxygen atoms in total. The van der Waals surface area contributed by atoms with E-state index in [1.165, 1.54) is 11.1 Å². The SMILES string of the molecule is COc1cccc(C2Cn3nnc(-c4nc(-c5ccc(C)c(C)c5)no4)c3CO2)c1. The Morgan fingerprint density at radius 1 is 1.10 bits per heavy atom. The number of fused-ring (bicyclic) bond motifs is 1. The van der Waals surface area contributed by atoms with Crippen molar-refractivity contribution < 1.29 is 14.0 Å². The maximum Gasteiger partial charge on any atom is 0.280 e. The van der Waals surface area contributed by atoms with Crippen molar-refractivity contribution in [1.82, 2.24) is 25.1 Å². The van der Waals surface area contributed by atoms with Gasteiger partial charge in [0, 0.05) is 5.56 Å². The van der Waals surface area contributed by atoms with Gasteiger partial charge in [-0.25, -0.2) is 4.68 Å². The lowest BCUT2D eigenvalue weighted by molar-refractivity contribution is -0.00127. The highest BCUT2D eigenvalue weighted by Crippen LogP contribution is 2.32. The molecule has 1 aliphatic rings. The fourth-order valence-corrected chi connectivity index (χ4v) is 3.54. The molecule has 0 N–H and O–H groups in total. The maximum atomic E-state index is 6.08. The highest BCUT2D eigenvalue weighted by Gasteiger charge is 2.28. The number of methoxy groups -OCH3 is 1. The first kappa shape index (κ1) is 18.5. The number of nitrogens with zero attached hydrogens (tertiary/aromatic N) is 5. The average Bonchev–Trinajstić information content (AvgIpc) is 3.42. The predicted octanol–water partition coefficient (Wildman–Crippen LogP) is 3.89. The molecule has 2 aromatic heterocycles. The van der Waals surface area contributed by atoms with Crippen molar-refractivity contribution in [2.75, 3.05) is 7.11 Å². The van der Waals surface area contributed by atoms with E-state index in [-0.39, 0.29) is 6.10 Å². The van der Waals surface area contributed by atoms with E-state index in [9.17, 15) is 0 Å². The molecule has 0 aliphatic carbocycles. The summed E-state index contributed by atoms with van der Waals surface area (Å²) in [5.74, 6) is 1.67. The molecule has 0 bridgehead atoms. The van der Waals surface area contributed by atoms with Crippen LogP contribution in [-0.2, 0) is 17.9 Å². The van der Waals surface area contributed by atoms with Crippen LogP contribution in [0.2, 0.25) is 0 Å². The summed E-state index contributed by atoms with van der Waals surface area (Å²) in [6, 6.07) is 13.9. The zero-order valence-corrected chi connectivity index (χ0v) is 17.0. The monoisotopic (exact) mass is 403 g/mol. The van der Waals surface area contributed by atoms with Crippen LogP contribution in [-0.4, -0.2) is 32.2 Å². The van der Waals surface area contributed by atoms with Crippen molar-refractivity contribution in [3.05, 3.63) is 64.8 Å². The van der Waals surface area contributed by atoms with Crippen molar-refractivity contribution in [2.24, 2.45) is 0 Å². The topological polar surface area (TPSA) is 88.1 Å². The van der Waals surface area contributed by atoms with Crippen LogP contribution in [0.4, 0.5) is 0 Å². The summed E-state index contributed by atoms with van der Waals surface area (Å²) in [6.07, 6.45) is -0.129. The van der Waals surface area contributed by atoms with Gasteiger partial charge in [-0.15, -0.1) is 5.10 Å². The number of aromatic nitrogens is 5. The minimum atomic E-state index is -0.129. The molecule has 152 valence electrons. The quantitative estimate of drug-likeness (QED) is 0.511. The molecule has 0 spiro atoms. The van der Waals surface area contributed by atoms with Gasteiger partial charge in [-0.2, -0.15) is 4.98 Å². The number of benzene rings is 2. The molecule has 0 saturated heterocycles. The molecule has 0 saturated carbocycles. The number of rotatable bonds is 4. The average molecular weight is 403 g/mol. The zero-order valence-electron chi connectivity index (χ0n) is 17.0. The van der Waals surface area contributed by atoms with E-state index in [1.54, 1.807) is 7.11 Å². The second-order valence-corrected chi connectivity index (χ2v) is 7.37. The maximum absolute atomic E-state index is 6.08. The first-order chi connectivity index (χ1) is 14.6. The lowest BCUT2D eigenvalue weighted by Crippen LogP contribution is -2.22. The molecule has 8 heteroatoms. The molecule has 30 heavy (non-hydrogen) atoms. The van der Waals surface area contributed by atoms with E-state index < -0.39 is 0 Å². The predicted molar refractivity (Wildman–Crippen MR) is 109 cm³/mol. The van der Waals surface area contributed by atoms with Gasteiger partial charge in [0.1, 0.15) is 11.9 Å². The van der Waals surface area contributed by atoms with Gasteiger partial charge >= 0.3 is 0 Å². The van der Waals surface area contributed by atoms with E-state index in [0.717, 1.165) is 22.6 Å². The summed E-state index contributed by atoms with van der Waals surface area (Å²) in [6.45, 7) is 5.04. The van der Waals surface area contributed by atoms with Crippen molar-refractivity contribution >= 4 is 0 Å². The van der Waals surface area contributed by atoms with Crippen LogP contribution < -0.4 is 4.74 Å². The summed E-state index contributed by atoms with van der Waals surface area (Å²) in [7, 11) is 1.65. The van der Waals surface area contributed by atoms with Gasteiger partial charge in [-0.05, 0) is 48.7 Å². The Balaban J connectivity index is 1.41. The Hall–Kier alpha value is -3.52. The largest absolute Gasteiger partial charge is 0.497 e. The van der Waals surface area contributed by atoms with Crippen LogP contribution in [0.3, 0.4) is 0 Å². The number of hydrogen-bond acceptors (Lipinski definition) is 7. The molecule has 2 aromatic carbocycles. The molecule has 1 unspecified atom stereocenters. The van der Waals surface area contributed by atoms with Gasteiger partial charge in [0.15, 0.2) is 5.69 Å². The van der Waals surface area contributed by atoms with Crippen LogP contribution in [0, 0.1) is 13.8 Å². The second kappa shape index (κ2) is 7.38. The van der Waals surface area contributed by atoms with Crippen LogP contribution in [0.5, 0.6) is 5.75 Å². The van der Waals surface area contributed by atoms with Crippen LogP contribution in [0.15, 0.2) is 47.0 Å². The smallest absolute Gasteiger partial charge is 0.280 e. The number of hydrogen-bond donors (Lipinski definition) is 0. The summed E-state index contributed by atoms with van der Waals surface area (Å²) >= 11 is 0. The van der Waals surface area contributed by atoms with Crippen molar-refractivity contribution in [3.63, 3.8) is 0 Å². The van der Waals surface area contributed by atoms with Gasteiger partial charge in [0.05, 0.1) is 26.0 Å². The summed E-state index contributed by atoms with van der Waals surface area (Å²) < 4.78 is 18.7. The molecule has 0 fully saturated rings. The van der Waals surface area contributed by atoms with Gasteiger partial charge in [-0.3, -0.25) is 0 Å². The minimum absolute atomic E-state index is 0.129. The second-order valence-electron chi connectivity index (χ2n) is 7.37. The third kappa shape index (κ3) is 3.25. The number of aryl methyl sites for hydroxylation is 2. The van der Waals surface area contributed by atoms with E-state index in [2.05, 4.69) is 34.3 Å². The molecule has 0 radical (unpaired) electrons. The van der Waals surface area contributed by atoms with Gasteiger partial charge in [-0.1, -0.05) is 34.6 Å². The van der Waals surface area contributed by atoms with E-state index in [4.69, 9.17) is 14.0 Å². The molecule has 4 aromatic rings. The summed E-state index contributed by atoms with van der Waals surface area (Å²) in [5, 5.41) is 12.7. The standard InChI is InChI=1S/C22H21N5O3/c1-13-7-8-16(9-14(13)2)21-23-22(30-25-21)20-18-12-29-19(11-27(18)26-24-20)15-5-4-6-17(10-15)28-3/h4-10,19H,11-12H2,1-3H3. The first-order valence-electron chi connectivity index (χ1n) is 9.72. The Morgan fingerprint density at radius 2 is 2.00 bits per heavy atom. The third-order valence-corrected chi connectivity index (χ3v) is 5.46. The van der Waals surface area contributed by atoms with Crippen molar-refractivity contribution in [1.29, 1.82) is 0 Å². The molecule has 1 atom stereocenters. The van der Waals surface area contributed by atoms with Gasteiger partial charge < -0.3 is 14.0 Å². The fraction of sp³-hybridized carbons (Fsp3) is 0.273. The highest BCUT2D eigenvalue weighted by atomic mass is 16.5. The molecular formula is C22H21N5O3. The summed E-state index contributed by atoms with van der Waals surface area (Å²) in [5.41, 5.74) is 5.72. The Bertz CT molecular complexity index is 1210. The molecular weight excluding hydrogens is 382 g/mol. The van der Waals surface area contributed by atoms with Crippen molar-refractivity contribution in [3.8, 4) is 28.7 Å². The third-order valence-electron chi connectivity index (χ3n) is 5.46.